The van der Waals surface area contributed by atoms with E-state index >= 15 is 0 Å². The number of hydrogen-bond donors (Lipinski definition) is 2. The summed E-state index contributed by atoms with van der Waals surface area (Å²) in [6.45, 7) is 3.88. The molecule has 1 heterocycles. The third-order valence-corrected chi connectivity index (χ3v) is 3.49. The van der Waals surface area contributed by atoms with Gasteiger partial charge in [-0.1, -0.05) is 0 Å². The number of rotatable bonds is 3. The van der Waals surface area contributed by atoms with Gasteiger partial charge in [0, 0.05) is 24.4 Å². The molecule has 2 aromatic rings. The second kappa shape index (κ2) is 6.17. The third-order valence-electron chi connectivity index (χ3n) is 3.27. The molecule has 7 heteroatoms. The van der Waals surface area contributed by atoms with Gasteiger partial charge in [-0.05, 0) is 38.2 Å². The van der Waals surface area contributed by atoms with Gasteiger partial charge in [-0.3, -0.25) is 4.68 Å². The Morgan fingerprint density at radius 3 is 2.67 bits per heavy atom. The second-order valence-electron chi connectivity index (χ2n) is 4.75. The Morgan fingerprint density at radius 2 is 2.10 bits per heavy atom. The van der Waals surface area contributed by atoms with Crippen molar-refractivity contribution in [3.05, 3.63) is 47.3 Å². The first-order valence-corrected chi connectivity index (χ1v) is 6.80. The Balaban J connectivity index is 2.03. The first kappa shape index (κ1) is 15.4. The topological polar surface area (TPSA) is 41.9 Å². The van der Waals surface area contributed by atoms with Gasteiger partial charge in [0.2, 0.25) is 0 Å². The second-order valence-corrected chi connectivity index (χ2v) is 5.16. The molecule has 1 atom stereocenters. The molecular formula is C14H16F2N4S. The van der Waals surface area contributed by atoms with Gasteiger partial charge in [-0.15, -0.1) is 0 Å². The third kappa shape index (κ3) is 3.55. The number of benzene rings is 1. The van der Waals surface area contributed by atoms with Gasteiger partial charge in [0.25, 0.3) is 0 Å². The maximum Gasteiger partial charge on any atom is 0.171 e. The molecule has 4 nitrogen and oxygen atoms in total. The normalized spacial score (nSPS) is 12.0. The number of nitrogens with zero attached hydrogens (tertiary/aromatic N) is 2. The van der Waals surface area contributed by atoms with Crippen LogP contribution in [-0.4, -0.2) is 14.9 Å². The summed E-state index contributed by atoms with van der Waals surface area (Å²) in [7, 11) is 1.86. The lowest BCUT2D eigenvalue weighted by Crippen LogP contribution is -2.31. The summed E-state index contributed by atoms with van der Waals surface area (Å²) in [5, 5.41) is 10.2. The first-order chi connectivity index (χ1) is 9.88. The van der Waals surface area contributed by atoms with Gasteiger partial charge in [0.1, 0.15) is 11.6 Å². The average Bonchev–Trinajstić information content (AvgIpc) is 2.73. The molecular weight excluding hydrogens is 294 g/mol. The van der Waals surface area contributed by atoms with Crippen molar-refractivity contribution in [3.8, 4) is 0 Å². The molecule has 0 amide bonds. The lowest BCUT2D eigenvalue weighted by Gasteiger charge is -2.17. The monoisotopic (exact) mass is 310 g/mol. The largest absolute Gasteiger partial charge is 0.356 e. The molecule has 0 fully saturated rings. The van der Waals surface area contributed by atoms with E-state index in [4.69, 9.17) is 12.2 Å². The fourth-order valence-corrected chi connectivity index (χ4v) is 2.25. The fourth-order valence-electron chi connectivity index (χ4n) is 1.96. The number of hydrogen-bond acceptors (Lipinski definition) is 2. The number of nitrogens with one attached hydrogen (secondary N) is 2. The van der Waals surface area contributed by atoms with Crippen molar-refractivity contribution in [2.45, 2.75) is 19.9 Å². The smallest absolute Gasteiger partial charge is 0.171 e. The molecule has 2 N–H and O–H groups in total. The number of aromatic nitrogens is 2. The van der Waals surface area contributed by atoms with Crippen molar-refractivity contribution in [1.82, 2.24) is 15.1 Å². The molecule has 0 unspecified atom stereocenters. The maximum atomic E-state index is 13.5. The summed E-state index contributed by atoms with van der Waals surface area (Å²) in [5.41, 5.74) is 2.15. The van der Waals surface area contributed by atoms with Crippen LogP contribution in [-0.2, 0) is 7.05 Å². The summed E-state index contributed by atoms with van der Waals surface area (Å²) in [5.74, 6) is -1.32. The highest BCUT2D eigenvalue weighted by atomic mass is 32.1. The van der Waals surface area contributed by atoms with Crippen molar-refractivity contribution in [1.29, 1.82) is 0 Å². The van der Waals surface area contributed by atoms with Crippen LogP contribution in [0.1, 0.15) is 24.2 Å². The highest BCUT2D eigenvalue weighted by Gasteiger charge is 2.13. The lowest BCUT2D eigenvalue weighted by atomic mass is 10.1. The van der Waals surface area contributed by atoms with Crippen LogP contribution in [0.4, 0.5) is 14.5 Å². The summed E-state index contributed by atoms with van der Waals surface area (Å²) in [4.78, 5) is 0. The van der Waals surface area contributed by atoms with Crippen molar-refractivity contribution in [3.63, 3.8) is 0 Å². The number of halogens is 2. The molecule has 21 heavy (non-hydrogen) atoms. The number of thiocarbonyl (C=S) groups is 1. The number of aryl methyl sites for hydroxylation is 1. The minimum Gasteiger partial charge on any atom is -0.356 e. The SMILES string of the molecule is Cc1c([C@H](C)NC(=S)Nc2ccc(F)cc2F)cnn1C. The van der Waals surface area contributed by atoms with E-state index in [1.807, 2.05) is 20.9 Å². The van der Waals surface area contributed by atoms with Gasteiger partial charge < -0.3 is 10.6 Å². The summed E-state index contributed by atoms with van der Waals surface area (Å²) in [6, 6.07) is 3.20. The molecule has 112 valence electrons. The van der Waals surface area contributed by atoms with E-state index in [-0.39, 0.29) is 16.8 Å². The van der Waals surface area contributed by atoms with E-state index in [0.29, 0.717) is 0 Å². The Morgan fingerprint density at radius 1 is 1.38 bits per heavy atom. The zero-order valence-corrected chi connectivity index (χ0v) is 12.8. The molecule has 0 saturated carbocycles. The van der Waals surface area contributed by atoms with E-state index in [9.17, 15) is 8.78 Å². The average molecular weight is 310 g/mol. The van der Waals surface area contributed by atoms with Gasteiger partial charge >= 0.3 is 0 Å². The predicted octanol–water partition coefficient (Wildman–Crippen LogP) is 3.05. The molecule has 1 aromatic carbocycles. The molecule has 0 bridgehead atoms. The lowest BCUT2D eigenvalue weighted by molar-refractivity contribution is 0.586. The van der Waals surface area contributed by atoms with Gasteiger partial charge in [0.05, 0.1) is 17.9 Å². The zero-order chi connectivity index (χ0) is 15.6. The number of anilines is 1. The molecule has 0 aliphatic rings. The zero-order valence-electron chi connectivity index (χ0n) is 11.9. The van der Waals surface area contributed by atoms with Crippen LogP contribution in [0, 0.1) is 18.6 Å². The Bertz CT molecular complexity index is 669. The molecule has 1 aromatic heterocycles. The maximum absolute atomic E-state index is 13.5. The summed E-state index contributed by atoms with van der Waals surface area (Å²) in [6.07, 6.45) is 1.76. The molecule has 0 aliphatic carbocycles. The van der Waals surface area contributed by atoms with Crippen molar-refractivity contribution < 1.29 is 8.78 Å². The van der Waals surface area contributed by atoms with E-state index in [0.717, 1.165) is 17.3 Å². The van der Waals surface area contributed by atoms with Crippen LogP contribution in [0.3, 0.4) is 0 Å². The Kier molecular flexibility index (Phi) is 4.52. The van der Waals surface area contributed by atoms with Crippen LogP contribution >= 0.6 is 12.2 Å². The molecule has 2 rings (SSSR count). The van der Waals surface area contributed by atoms with Gasteiger partial charge in [0.15, 0.2) is 5.11 Å². The van der Waals surface area contributed by atoms with Crippen molar-refractivity contribution in [2.24, 2.45) is 7.05 Å². The van der Waals surface area contributed by atoms with Crippen LogP contribution in [0.15, 0.2) is 24.4 Å². The van der Waals surface area contributed by atoms with E-state index in [1.54, 1.807) is 10.9 Å². The minimum absolute atomic E-state index is 0.0813. The standard InChI is InChI=1S/C14H16F2N4S/c1-8(11-7-17-20(3)9(11)2)18-14(21)19-13-5-4-10(15)6-12(13)16/h4-8H,1-3H3,(H2,18,19,21)/t8-/m0/s1. The van der Waals surface area contributed by atoms with Crippen LogP contribution in [0.25, 0.3) is 0 Å². The van der Waals surface area contributed by atoms with Crippen LogP contribution in [0.5, 0.6) is 0 Å². The fraction of sp³-hybridized carbons (Fsp3) is 0.286. The quantitative estimate of drug-likeness (QED) is 0.855. The van der Waals surface area contributed by atoms with Gasteiger partial charge in [-0.25, -0.2) is 8.78 Å². The van der Waals surface area contributed by atoms with Crippen molar-refractivity contribution >= 4 is 23.0 Å². The van der Waals surface area contributed by atoms with E-state index in [2.05, 4.69) is 15.7 Å². The summed E-state index contributed by atoms with van der Waals surface area (Å²) < 4.78 is 28.1. The molecule has 0 aliphatic heterocycles. The Labute approximate surface area is 127 Å². The summed E-state index contributed by atoms with van der Waals surface area (Å²) >= 11 is 5.14. The van der Waals surface area contributed by atoms with Crippen LogP contribution < -0.4 is 10.6 Å². The van der Waals surface area contributed by atoms with E-state index < -0.39 is 11.6 Å². The van der Waals surface area contributed by atoms with Crippen molar-refractivity contribution in [2.75, 3.05) is 5.32 Å². The minimum atomic E-state index is -0.690. The predicted molar refractivity (Wildman–Crippen MR) is 82.1 cm³/mol. The van der Waals surface area contributed by atoms with E-state index in [1.165, 1.54) is 12.1 Å². The molecule has 0 spiro atoms. The highest BCUT2D eigenvalue weighted by Crippen LogP contribution is 2.18. The first-order valence-electron chi connectivity index (χ1n) is 6.39. The highest BCUT2D eigenvalue weighted by molar-refractivity contribution is 7.80. The van der Waals surface area contributed by atoms with Gasteiger partial charge in [-0.2, -0.15) is 5.10 Å². The molecule has 0 saturated heterocycles. The Hall–Kier alpha value is -2.02. The molecule has 0 radical (unpaired) electrons. The van der Waals surface area contributed by atoms with Crippen LogP contribution in [0.2, 0.25) is 0 Å².